The third kappa shape index (κ3) is 5.40. The Bertz CT molecular complexity index is 834. The molecule has 2 aromatic rings. The molecule has 0 heterocycles. The van der Waals surface area contributed by atoms with Crippen molar-refractivity contribution in [3.63, 3.8) is 0 Å². The largest absolute Gasteiger partial charge is 0.326 e. The predicted octanol–water partition coefficient (Wildman–Crippen LogP) is 2.05. The van der Waals surface area contributed by atoms with E-state index < -0.39 is 15.9 Å². The molecule has 0 aliphatic carbocycles. The fourth-order valence-electron chi connectivity index (χ4n) is 2.00. The molecule has 0 saturated carbocycles. The molecule has 0 unspecified atom stereocenters. The maximum Gasteiger partial charge on any atom is 0.266 e. The van der Waals surface area contributed by atoms with Gasteiger partial charge in [-0.2, -0.15) is 0 Å². The van der Waals surface area contributed by atoms with Gasteiger partial charge in [0.05, 0.1) is 4.90 Å². The van der Waals surface area contributed by atoms with Crippen LogP contribution >= 0.6 is 0 Å². The number of amides is 2. The summed E-state index contributed by atoms with van der Waals surface area (Å²) in [6, 6.07) is 13.8. The van der Waals surface area contributed by atoms with Crippen molar-refractivity contribution >= 4 is 27.5 Å². The highest BCUT2D eigenvalue weighted by molar-refractivity contribution is 7.89. The lowest BCUT2D eigenvalue weighted by molar-refractivity contribution is -0.116. The zero-order chi connectivity index (χ0) is 18.3. The van der Waals surface area contributed by atoms with Crippen LogP contribution in [0, 0.1) is 0 Å². The van der Waals surface area contributed by atoms with Crippen LogP contribution in [-0.2, 0) is 14.8 Å². The van der Waals surface area contributed by atoms with Crippen molar-refractivity contribution in [2.75, 3.05) is 5.32 Å². The van der Waals surface area contributed by atoms with E-state index in [2.05, 4.69) is 10.7 Å². The van der Waals surface area contributed by atoms with Gasteiger partial charge in [-0.15, -0.1) is 4.83 Å². The predicted molar refractivity (Wildman–Crippen MR) is 94.2 cm³/mol. The molecule has 0 radical (unpaired) electrons. The number of rotatable bonds is 7. The van der Waals surface area contributed by atoms with Crippen molar-refractivity contribution in [2.45, 2.75) is 24.7 Å². The fraction of sp³-hybridized carbons (Fsp3) is 0.176. The Morgan fingerprint density at radius 2 is 1.60 bits per heavy atom. The summed E-state index contributed by atoms with van der Waals surface area (Å²) in [5.74, 6) is -0.707. The molecule has 0 spiro atoms. The molecule has 0 atom stereocenters. The second kappa shape index (κ2) is 8.41. The molecule has 0 fully saturated rings. The van der Waals surface area contributed by atoms with Crippen molar-refractivity contribution in [1.29, 1.82) is 0 Å². The van der Waals surface area contributed by atoms with Crippen LogP contribution in [0.25, 0.3) is 0 Å². The van der Waals surface area contributed by atoms with E-state index in [0.29, 0.717) is 12.1 Å². The Balaban J connectivity index is 1.96. The molecular weight excluding hydrogens is 342 g/mol. The van der Waals surface area contributed by atoms with E-state index in [9.17, 15) is 18.0 Å². The van der Waals surface area contributed by atoms with E-state index >= 15 is 0 Å². The van der Waals surface area contributed by atoms with Gasteiger partial charge in [-0.05, 0) is 42.8 Å². The molecule has 3 N–H and O–H groups in total. The first-order valence-electron chi connectivity index (χ1n) is 7.69. The number of sulfonamides is 1. The average Bonchev–Trinajstić information content (AvgIpc) is 2.61. The molecule has 0 bridgehead atoms. The Labute approximate surface area is 146 Å². The number of carbonyl (C=O) groups is 2. The van der Waals surface area contributed by atoms with E-state index in [1.165, 1.54) is 24.3 Å². The standard InChI is InChI=1S/C17H19N3O4S/c1-2-6-16(21)18-14-11-9-13(10-12-14)17(22)19-20-25(23,24)15-7-4-3-5-8-15/h3-5,7-12,20H,2,6H2,1H3,(H,18,21)(H,19,22). The molecule has 2 aromatic carbocycles. The lowest BCUT2D eigenvalue weighted by Crippen LogP contribution is -2.41. The van der Waals surface area contributed by atoms with E-state index in [-0.39, 0.29) is 16.4 Å². The number of anilines is 1. The average molecular weight is 361 g/mol. The van der Waals surface area contributed by atoms with Gasteiger partial charge in [0.15, 0.2) is 0 Å². The van der Waals surface area contributed by atoms with Gasteiger partial charge in [0.2, 0.25) is 5.91 Å². The summed E-state index contributed by atoms with van der Waals surface area (Å²) in [5, 5.41) is 2.70. The van der Waals surface area contributed by atoms with Gasteiger partial charge in [0, 0.05) is 17.7 Å². The Morgan fingerprint density at radius 1 is 0.960 bits per heavy atom. The molecule has 2 rings (SSSR count). The summed E-state index contributed by atoms with van der Waals surface area (Å²) >= 11 is 0. The first-order valence-corrected chi connectivity index (χ1v) is 9.18. The van der Waals surface area contributed by atoms with Gasteiger partial charge in [-0.3, -0.25) is 15.0 Å². The van der Waals surface area contributed by atoms with E-state index in [4.69, 9.17) is 0 Å². The third-order valence-electron chi connectivity index (χ3n) is 3.26. The van der Waals surface area contributed by atoms with E-state index in [1.807, 2.05) is 11.8 Å². The van der Waals surface area contributed by atoms with Gasteiger partial charge >= 0.3 is 0 Å². The van der Waals surface area contributed by atoms with Gasteiger partial charge in [-0.1, -0.05) is 25.1 Å². The van der Waals surface area contributed by atoms with Crippen molar-refractivity contribution < 1.29 is 18.0 Å². The Kier molecular flexibility index (Phi) is 6.26. The summed E-state index contributed by atoms with van der Waals surface area (Å²) in [4.78, 5) is 25.6. The highest BCUT2D eigenvalue weighted by Gasteiger charge is 2.15. The lowest BCUT2D eigenvalue weighted by atomic mass is 10.2. The summed E-state index contributed by atoms with van der Waals surface area (Å²) in [6.07, 6.45) is 1.16. The molecule has 0 aliphatic rings. The van der Waals surface area contributed by atoms with Crippen LogP contribution in [0.2, 0.25) is 0 Å². The van der Waals surface area contributed by atoms with Crippen LogP contribution in [0.3, 0.4) is 0 Å². The van der Waals surface area contributed by atoms with Gasteiger partial charge in [-0.25, -0.2) is 8.42 Å². The molecule has 0 saturated heterocycles. The van der Waals surface area contributed by atoms with E-state index in [0.717, 1.165) is 6.42 Å². The molecular formula is C17H19N3O4S. The maximum atomic E-state index is 12.0. The highest BCUT2D eigenvalue weighted by Crippen LogP contribution is 2.11. The molecule has 7 nitrogen and oxygen atoms in total. The van der Waals surface area contributed by atoms with Crippen LogP contribution in [0.15, 0.2) is 59.5 Å². The summed E-state index contributed by atoms with van der Waals surface area (Å²) < 4.78 is 24.1. The maximum absolute atomic E-state index is 12.0. The van der Waals surface area contributed by atoms with Crippen LogP contribution in [0.4, 0.5) is 5.69 Å². The number of hydrogen-bond acceptors (Lipinski definition) is 4. The topological polar surface area (TPSA) is 104 Å². The van der Waals surface area contributed by atoms with Crippen LogP contribution in [-0.4, -0.2) is 20.2 Å². The van der Waals surface area contributed by atoms with Gasteiger partial charge in [0.25, 0.3) is 15.9 Å². The number of benzene rings is 2. The number of hydrogen-bond donors (Lipinski definition) is 3. The minimum absolute atomic E-state index is 0.0456. The van der Waals surface area contributed by atoms with Crippen LogP contribution < -0.4 is 15.6 Å². The van der Waals surface area contributed by atoms with Gasteiger partial charge < -0.3 is 5.32 Å². The summed E-state index contributed by atoms with van der Waals surface area (Å²) in [6.45, 7) is 1.91. The van der Waals surface area contributed by atoms with Crippen molar-refractivity contribution in [3.8, 4) is 0 Å². The molecule has 25 heavy (non-hydrogen) atoms. The first kappa shape index (κ1) is 18.6. The normalized spacial score (nSPS) is 10.9. The smallest absolute Gasteiger partial charge is 0.266 e. The van der Waals surface area contributed by atoms with Crippen molar-refractivity contribution in [2.24, 2.45) is 0 Å². The second-order valence-corrected chi connectivity index (χ2v) is 6.93. The minimum Gasteiger partial charge on any atom is -0.326 e. The molecule has 2 amide bonds. The minimum atomic E-state index is -3.83. The zero-order valence-electron chi connectivity index (χ0n) is 13.7. The Morgan fingerprint density at radius 3 is 2.20 bits per heavy atom. The number of carbonyl (C=O) groups excluding carboxylic acids is 2. The monoisotopic (exact) mass is 361 g/mol. The zero-order valence-corrected chi connectivity index (χ0v) is 14.5. The van der Waals surface area contributed by atoms with E-state index in [1.54, 1.807) is 30.3 Å². The quantitative estimate of drug-likeness (QED) is 0.657. The SMILES string of the molecule is CCCC(=O)Nc1ccc(C(=O)NNS(=O)(=O)c2ccccc2)cc1. The first-order chi connectivity index (χ1) is 11.9. The molecule has 8 heteroatoms. The van der Waals surface area contributed by atoms with Crippen LogP contribution in [0.5, 0.6) is 0 Å². The molecule has 0 aliphatic heterocycles. The fourth-order valence-corrected chi connectivity index (χ4v) is 2.86. The molecule has 0 aromatic heterocycles. The summed E-state index contributed by atoms with van der Waals surface area (Å²) in [5.41, 5.74) is 2.98. The second-order valence-electron chi connectivity index (χ2n) is 5.25. The lowest BCUT2D eigenvalue weighted by Gasteiger charge is -2.09. The molecule has 132 valence electrons. The van der Waals surface area contributed by atoms with Crippen molar-refractivity contribution in [1.82, 2.24) is 10.3 Å². The highest BCUT2D eigenvalue weighted by atomic mass is 32.2. The Hall–Kier alpha value is -2.71. The van der Waals surface area contributed by atoms with Crippen LogP contribution in [0.1, 0.15) is 30.1 Å². The third-order valence-corrected chi connectivity index (χ3v) is 4.52. The number of nitrogens with one attached hydrogen (secondary N) is 3. The number of hydrazine groups is 1. The van der Waals surface area contributed by atoms with Crippen molar-refractivity contribution in [3.05, 3.63) is 60.2 Å². The van der Waals surface area contributed by atoms with Gasteiger partial charge in [0.1, 0.15) is 0 Å². The summed E-state index contributed by atoms with van der Waals surface area (Å²) in [7, 11) is -3.83.